The second kappa shape index (κ2) is 6.49. The zero-order chi connectivity index (χ0) is 15.4. The largest absolute Gasteiger partial charge is 0.465 e. The van der Waals surface area contributed by atoms with Crippen molar-refractivity contribution < 1.29 is 9.53 Å². The number of nitrogens with one attached hydrogen (secondary N) is 1. The molecule has 0 atom stereocenters. The fourth-order valence-electron chi connectivity index (χ4n) is 1.93. The van der Waals surface area contributed by atoms with Crippen LogP contribution in [-0.4, -0.2) is 27.8 Å². The average Bonchev–Trinajstić information content (AvgIpc) is 2.84. The van der Waals surface area contributed by atoms with Crippen molar-refractivity contribution in [3.63, 3.8) is 0 Å². The second-order valence-electron chi connectivity index (χ2n) is 4.22. The topological polar surface area (TPSA) is 103 Å². The second-order valence-corrected chi connectivity index (χ2v) is 5.16. The molecule has 112 valence electrons. The van der Waals surface area contributed by atoms with E-state index in [0.717, 1.165) is 5.56 Å². The lowest BCUT2D eigenvalue weighted by atomic mass is 10.1. The van der Waals surface area contributed by atoms with E-state index >= 15 is 0 Å². The lowest BCUT2D eigenvalue weighted by molar-refractivity contribution is 0.0601. The highest BCUT2D eigenvalue weighted by atomic mass is 32.2. The van der Waals surface area contributed by atoms with Crippen LogP contribution >= 0.6 is 11.8 Å². The van der Waals surface area contributed by atoms with Crippen LogP contribution in [0.15, 0.2) is 28.2 Å². The first-order chi connectivity index (χ1) is 10.1. The first kappa shape index (κ1) is 15.2. The van der Waals surface area contributed by atoms with Crippen molar-refractivity contribution in [1.29, 1.82) is 0 Å². The summed E-state index contributed by atoms with van der Waals surface area (Å²) in [5, 5.41) is 6.93. The Hall–Kier alpha value is -2.22. The summed E-state index contributed by atoms with van der Waals surface area (Å²) in [6.07, 6.45) is 0. The van der Waals surface area contributed by atoms with Crippen molar-refractivity contribution in [2.45, 2.75) is 24.4 Å². The molecule has 0 bridgehead atoms. The number of aromatic nitrogens is 3. The third-order valence-corrected chi connectivity index (χ3v) is 3.99. The number of ether oxygens (including phenoxy) is 1. The van der Waals surface area contributed by atoms with Gasteiger partial charge in [-0.1, -0.05) is 23.9 Å². The van der Waals surface area contributed by atoms with E-state index in [2.05, 4.69) is 10.2 Å². The summed E-state index contributed by atoms with van der Waals surface area (Å²) in [5.41, 5.74) is 7.06. The van der Waals surface area contributed by atoms with Gasteiger partial charge in [-0.2, -0.15) is 0 Å². The van der Waals surface area contributed by atoms with E-state index in [4.69, 9.17) is 10.5 Å². The van der Waals surface area contributed by atoms with Crippen LogP contribution < -0.4 is 11.4 Å². The van der Waals surface area contributed by atoms with Crippen molar-refractivity contribution in [1.82, 2.24) is 14.8 Å². The van der Waals surface area contributed by atoms with Gasteiger partial charge < -0.3 is 10.5 Å². The number of aromatic amines is 1. The van der Waals surface area contributed by atoms with Crippen LogP contribution in [0.3, 0.4) is 0 Å². The van der Waals surface area contributed by atoms with E-state index in [1.807, 2.05) is 6.92 Å². The van der Waals surface area contributed by atoms with E-state index in [1.165, 1.54) is 23.4 Å². The van der Waals surface area contributed by atoms with Crippen LogP contribution in [0.1, 0.15) is 22.8 Å². The number of carbonyl (C=O) groups excluding carboxylic acids is 1. The van der Waals surface area contributed by atoms with Gasteiger partial charge in [-0.3, -0.25) is 4.57 Å². The van der Waals surface area contributed by atoms with Gasteiger partial charge in [0.1, 0.15) is 0 Å². The van der Waals surface area contributed by atoms with Crippen molar-refractivity contribution in [2.24, 2.45) is 0 Å². The van der Waals surface area contributed by atoms with Gasteiger partial charge in [-0.05, 0) is 18.6 Å². The molecule has 0 unspecified atom stereocenters. The molecule has 0 radical (unpaired) electrons. The lowest BCUT2D eigenvalue weighted by Crippen LogP contribution is -2.16. The third kappa shape index (κ3) is 3.10. The van der Waals surface area contributed by atoms with Gasteiger partial charge in [0.05, 0.1) is 12.7 Å². The summed E-state index contributed by atoms with van der Waals surface area (Å²) in [6.45, 7) is 2.39. The summed E-state index contributed by atoms with van der Waals surface area (Å²) in [7, 11) is 1.31. The smallest absolute Gasteiger partial charge is 0.343 e. The monoisotopic (exact) mass is 308 g/mol. The maximum Gasteiger partial charge on any atom is 0.343 e. The van der Waals surface area contributed by atoms with Crippen molar-refractivity contribution in [3.05, 3.63) is 39.8 Å². The van der Waals surface area contributed by atoms with Gasteiger partial charge in [-0.25, -0.2) is 14.7 Å². The Labute approximate surface area is 125 Å². The Morgan fingerprint density at radius 3 is 2.95 bits per heavy atom. The van der Waals surface area contributed by atoms with Gasteiger partial charge in [-0.15, -0.1) is 5.10 Å². The molecule has 1 aromatic heterocycles. The fourth-order valence-corrected chi connectivity index (χ4v) is 2.93. The molecule has 0 aliphatic carbocycles. The fraction of sp³-hybridized carbons (Fsp3) is 0.308. The summed E-state index contributed by atoms with van der Waals surface area (Å²) < 4.78 is 6.28. The number of nitrogens with zero attached hydrogens (tertiary/aromatic N) is 2. The van der Waals surface area contributed by atoms with Crippen LogP contribution in [-0.2, 0) is 17.0 Å². The summed E-state index contributed by atoms with van der Waals surface area (Å²) in [4.78, 5) is 23.3. The van der Waals surface area contributed by atoms with Crippen LogP contribution in [0.5, 0.6) is 0 Å². The molecule has 21 heavy (non-hydrogen) atoms. The van der Waals surface area contributed by atoms with Gasteiger partial charge in [0.25, 0.3) is 0 Å². The quantitative estimate of drug-likeness (QED) is 0.489. The molecule has 0 fully saturated rings. The van der Waals surface area contributed by atoms with Gasteiger partial charge in [0.2, 0.25) is 0 Å². The Morgan fingerprint density at radius 1 is 1.52 bits per heavy atom. The maximum absolute atomic E-state index is 11.8. The average molecular weight is 308 g/mol. The van der Waals surface area contributed by atoms with Gasteiger partial charge >= 0.3 is 11.7 Å². The number of methoxy groups -OCH3 is 1. The van der Waals surface area contributed by atoms with E-state index < -0.39 is 5.97 Å². The molecule has 0 aliphatic heterocycles. The van der Waals surface area contributed by atoms with Crippen LogP contribution in [0.4, 0.5) is 5.69 Å². The van der Waals surface area contributed by atoms with E-state index in [1.54, 1.807) is 18.2 Å². The highest BCUT2D eigenvalue weighted by Crippen LogP contribution is 2.25. The number of hydrogen-bond acceptors (Lipinski definition) is 6. The maximum atomic E-state index is 11.8. The zero-order valence-corrected chi connectivity index (χ0v) is 12.6. The molecule has 0 spiro atoms. The molecular weight excluding hydrogens is 292 g/mol. The SMILES string of the molecule is CCn1c(SCc2cccc(N)c2C(=O)OC)n[nH]c1=O. The molecule has 7 nitrogen and oxygen atoms in total. The summed E-state index contributed by atoms with van der Waals surface area (Å²) in [5.74, 6) is -0.0154. The standard InChI is InChI=1S/C13H16N4O3S/c1-3-17-12(19)15-16-13(17)21-7-8-5-4-6-9(14)10(8)11(18)20-2/h4-6H,3,7,14H2,1-2H3,(H,15,19). The first-order valence-corrected chi connectivity index (χ1v) is 7.30. The minimum absolute atomic E-state index is 0.249. The molecule has 2 rings (SSSR count). The molecule has 0 saturated heterocycles. The molecule has 3 N–H and O–H groups in total. The van der Waals surface area contributed by atoms with E-state index in [-0.39, 0.29) is 5.69 Å². The minimum Gasteiger partial charge on any atom is -0.465 e. The zero-order valence-electron chi connectivity index (χ0n) is 11.8. The Morgan fingerprint density at radius 2 is 2.29 bits per heavy atom. The minimum atomic E-state index is -0.474. The predicted molar refractivity (Wildman–Crippen MR) is 80.3 cm³/mol. The molecule has 1 heterocycles. The van der Waals surface area contributed by atoms with Crippen molar-refractivity contribution in [2.75, 3.05) is 12.8 Å². The normalized spacial score (nSPS) is 10.6. The molecule has 1 aromatic carbocycles. The predicted octanol–water partition coefficient (Wildman–Crippen LogP) is 1.25. The number of esters is 1. The van der Waals surface area contributed by atoms with Crippen LogP contribution in [0.25, 0.3) is 0 Å². The highest BCUT2D eigenvalue weighted by Gasteiger charge is 2.16. The Bertz CT molecular complexity index is 708. The molecule has 0 saturated carbocycles. The lowest BCUT2D eigenvalue weighted by Gasteiger charge is -2.10. The van der Waals surface area contributed by atoms with Crippen LogP contribution in [0, 0.1) is 0 Å². The molecule has 0 amide bonds. The van der Waals surface area contributed by atoms with Crippen molar-refractivity contribution >= 4 is 23.4 Å². The molecular formula is C13H16N4O3S. The van der Waals surface area contributed by atoms with E-state index in [0.29, 0.717) is 28.7 Å². The highest BCUT2D eigenvalue weighted by molar-refractivity contribution is 7.98. The molecule has 8 heteroatoms. The number of carbonyl (C=O) groups is 1. The Balaban J connectivity index is 2.26. The number of benzene rings is 1. The number of thioether (sulfide) groups is 1. The van der Waals surface area contributed by atoms with Gasteiger partial charge in [0.15, 0.2) is 5.16 Å². The van der Waals surface area contributed by atoms with Crippen molar-refractivity contribution in [3.8, 4) is 0 Å². The summed E-state index contributed by atoms with van der Waals surface area (Å²) in [6, 6.07) is 5.22. The number of H-pyrrole nitrogens is 1. The van der Waals surface area contributed by atoms with E-state index in [9.17, 15) is 9.59 Å². The van der Waals surface area contributed by atoms with Gasteiger partial charge in [0, 0.05) is 18.0 Å². The molecule has 0 aliphatic rings. The third-order valence-electron chi connectivity index (χ3n) is 2.97. The number of nitrogens with two attached hydrogens (primary N) is 1. The Kier molecular flexibility index (Phi) is 4.69. The van der Waals surface area contributed by atoms with Crippen LogP contribution in [0.2, 0.25) is 0 Å². The summed E-state index contributed by atoms with van der Waals surface area (Å²) >= 11 is 1.35. The number of rotatable bonds is 5. The number of hydrogen-bond donors (Lipinski definition) is 2. The molecule has 2 aromatic rings. The first-order valence-electron chi connectivity index (χ1n) is 6.32. The number of nitrogen functional groups attached to an aromatic ring is 1. The number of anilines is 1.